The molecule has 0 aliphatic carbocycles. The summed E-state index contributed by atoms with van der Waals surface area (Å²) < 4.78 is 17.1. The van der Waals surface area contributed by atoms with Gasteiger partial charge in [-0.25, -0.2) is 0 Å². The predicted octanol–water partition coefficient (Wildman–Crippen LogP) is 2.54. The summed E-state index contributed by atoms with van der Waals surface area (Å²) in [5, 5.41) is 2.81. The van der Waals surface area contributed by atoms with Crippen LogP contribution in [0.25, 0.3) is 0 Å². The highest BCUT2D eigenvalue weighted by molar-refractivity contribution is 7.11. The molecule has 0 bridgehead atoms. The summed E-state index contributed by atoms with van der Waals surface area (Å²) in [5.74, 6) is 1.05. The first kappa shape index (κ1) is 19.7. The Balaban J connectivity index is 1.38. The molecule has 1 aliphatic rings. The van der Waals surface area contributed by atoms with Crippen molar-refractivity contribution >= 4 is 23.2 Å². The maximum absolute atomic E-state index is 12.5. The summed E-state index contributed by atoms with van der Waals surface area (Å²) >= 11 is 0.890. The Morgan fingerprint density at radius 1 is 1.10 bits per heavy atom. The van der Waals surface area contributed by atoms with Crippen LogP contribution in [0.2, 0.25) is 0 Å². The number of carbonyl (C=O) groups excluding carboxylic acids is 2. The number of nitrogens with zero attached hydrogens (tertiary/aromatic N) is 1. The number of ether oxygens (including phenoxy) is 3. The number of benzene rings is 2. The number of amides is 1. The molecule has 0 atom stereocenters. The van der Waals surface area contributed by atoms with Crippen LogP contribution in [-0.2, 0) is 17.9 Å². The molecule has 1 amide bonds. The molecule has 0 unspecified atom stereocenters. The lowest BCUT2D eigenvalue weighted by Crippen LogP contribution is -2.21. The minimum atomic E-state index is -0.395. The second-order valence-corrected chi connectivity index (χ2v) is 7.59. The molecular formula is C21H18N2O6S. The van der Waals surface area contributed by atoms with Crippen molar-refractivity contribution in [3.63, 3.8) is 0 Å². The fraction of sp³-hybridized carbons (Fsp3) is 0.190. The summed E-state index contributed by atoms with van der Waals surface area (Å²) in [4.78, 5) is 35.8. The summed E-state index contributed by atoms with van der Waals surface area (Å²) in [6, 6.07) is 12.3. The second kappa shape index (κ2) is 8.42. The van der Waals surface area contributed by atoms with Crippen LogP contribution in [0.3, 0.4) is 0 Å². The molecule has 154 valence electrons. The van der Waals surface area contributed by atoms with Crippen molar-refractivity contribution in [1.82, 2.24) is 9.88 Å². The van der Waals surface area contributed by atoms with E-state index in [1.807, 2.05) is 12.1 Å². The standard InChI is InChI=1S/C21H18N2O6S/c1-13(24)29-16-5-2-14(3-6-16)10-23-11-19(30-21(23)26)20(25)22-9-15-4-7-17-18(8-15)28-12-27-17/h2-8,11H,9-10,12H2,1H3,(H,22,25). The van der Waals surface area contributed by atoms with E-state index < -0.39 is 5.97 Å². The molecule has 4 rings (SSSR count). The smallest absolute Gasteiger partial charge is 0.308 e. The average Bonchev–Trinajstić information content (AvgIpc) is 3.33. The molecule has 30 heavy (non-hydrogen) atoms. The Kier molecular flexibility index (Phi) is 5.53. The maximum Gasteiger partial charge on any atom is 0.308 e. The van der Waals surface area contributed by atoms with Gasteiger partial charge in [0, 0.05) is 19.7 Å². The molecule has 0 saturated carbocycles. The Labute approximate surface area is 175 Å². The van der Waals surface area contributed by atoms with Crippen LogP contribution >= 0.6 is 11.3 Å². The number of esters is 1. The highest BCUT2D eigenvalue weighted by atomic mass is 32.1. The Hall–Kier alpha value is -3.59. The fourth-order valence-electron chi connectivity index (χ4n) is 2.93. The number of fused-ring (bicyclic) bond motifs is 1. The average molecular weight is 426 g/mol. The van der Waals surface area contributed by atoms with Crippen molar-refractivity contribution in [1.29, 1.82) is 0 Å². The first-order valence-electron chi connectivity index (χ1n) is 9.12. The quantitative estimate of drug-likeness (QED) is 0.481. The van der Waals surface area contributed by atoms with Crippen LogP contribution in [0.1, 0.15) is 27.7 Å². The number of aromatic nitrogens is 1. The summed E-state index contributed by atoms with van der Waals surface area (Å²) in [7, 11) is 0. The molecule has 0 spiro atoms. The third kappa shape index (κ3) is 4.52. The number of thiazole rings is 1. The number of rotatable bonds is 6. The van der Waals surface area contributed by atoms with E-state index in [4.69, 9.17) is 14.2 Å². The van der Waals surface area contributed by atoms with Gasteiger partial charge in [-0.15, -0.1) is 0 Å². The Bertz CT molecular complexity index is 1150. The van der Waals surface area contributed by atoms with Crippen molar-refractivity contribution in [2.24, 2.45) is 0 Å². The molecule has 2 heterocycles. The molecule has 9 heteroatoms. The van der Waals surface area contributed by atoms with E-state index in [0.717, 1.165) is 22.5 Å². The second-order valence-electron chi connectivity index (χ2n) is 6.60. The molecule has 8 nitrogen and oxygen atoms in total. The highest BCUT2D eigenvalue weighted by Crippen LogP contribution is 2.32. The summed E-state index contributed by atoms with van der Waals surface area (Å²) in [6.07, 6.45) is 1.54. The van der Waals surface area contributed by atoms with Crippen LogP contribution in [0.4, 0.5) is 0 Å². The lowest BCUT2D eigenvalue weighted by molar-refractivity contribution is -0.131. The van der Waals surface area contributed by atoms with Gasteiger partial charge in [-0.1, -0.05) is 29.5 Å². The normalized spacial score (nSPS) is 11.9. The van der Waals surface area contributed by atoms with E-state index >= 15 is 0 Å². The zero-order chi connectivity index (χ0) is 21.1. The van der Waals surface area contributed by atoms with E-state index in [-0.39, 0.29) is 17.6 Å². The number of carbonyl (C=O) groups is 2. The van der Waals surface area contributed by atoms with E-state index in [9.17, 15) is 14.4 Å². The Morgan fingerprint density at radius 3 is 2.60 bits per heavy atom. The first-order chi connectivity index (χ1) is 14.5. The Morgan fingerprint density at radius 2 is 1.83 bits per heavy atom. The maximum atomic E-state index is 12.5. The number of nitrogens with one attached hydrogen (secondary N) is 1. The van der Waals surface area contributed by atoms with Crippen molar-refractivity contribution in [2.45, 2.75) is 20.0 Å². The lowest BCUT2D eigenvalue weighted by Gasteiger charge is -2.05. The molecule has 0 radical (unpaired) electrons. The lowest BCUT2D eigenvalue weighted by atomic mass is 10.2. The van der Waals surface area contributed by atoms with Crippen LogP contribution in [0, 0.1) is 0 Å². The number of hydrogen-bond donors (Lipinski definition) is 1. The van der Waals surface area contributed by atoms with Gasteiger partial charge in [-0.3, -0.25) is 14.4 Å². The zero-order valence-electron chi connectivity index (χ0n) is 16.0. The van der Waals surface area contributed by atoms with Gasteiger partial charge < -0.3 is 24.1 Å². The van der Waals surface area contributed by atoms with Gasteiger partial charge in [0.05, 0.1) is 6.54 Å². The van der Waals surface area contributed by atoms with Gasteiger partial charge in [-0.05, 0) is 35.4 Å². The molecule has 0 saturated heterocycles. The minimum Gasteiger partial charge on any atom is -0.454 e. The fourth-order valence-corrected chi connectivity index (χ4v) is 3.70. The van der Waals surface area contributed by atoms with Crippen LogP contribution in [0.15, 0.2) is 53.5 Å². The summed E-state index contributed by atoms with van der Waals surface area (Å²) in [5.41, 5.74) is 1.71. The largest absolute Gasteiger partial charge is 0.454 e. The van der Waals surface area contributed by atoms with Gasteiger partial charge in [-0.2, -0.15) is 0 Å². The van der Waals surface area contributed by atoms with Crippen LogP contribution in [0.5, 0.6) is 17.2 Å². The third-order valence-electron chi connectivity index (χ3n) is 4.36. The van der Waals surface area contributed by atoms with Crippen molar-refractivity contribution in [3.8, 4) is 17.2 Å². The monoisotopic (exact) mass is 426 g/mol. The van der Waals surface area contributed by atoms with Crippen molar-refractivity contribution in [2.75, 3.05) is 6.79 Å². The first-order valence-corrected chi connectivity index (χ1v) is 9.94. The molecule has 1 aliphatic heterocycles. The van der Waals surface area contributed by atoms with Gasteiger partial charge in [0.1, 0.15) is 10.6 Å². The molecule has 3 aromatic rings. The minimum absolute atomic E-state index is 0.194. The van der Waals surface area contributed by atoms with E-state index in [1.54, 1.807) is 36.5 Å². The number of hydrogen-bond acceptors (Lipinski definition) is 7. The summed E-state index contributed by atoms with van der Waals surface area (Å²) in [6.45, 7) is 2.14. The SMILES string of the molecule is CC(=O)Oc1ccc(Cn2cc(C(=O)NCc3ccc4c(c3)OCO4)sc2=O)cc1. The van der Waals surface area contributed by atoms with Gasteiger partial charge in [0.25, 0.3) is 5.91 Å². The highest BCUT2D eigenvalue weighted by Gasteiger charge is 2.15. The van der Waals surface area contributed by atoms with Crippen LogP contribution < -0.4 is 24.4 Å². The predicted molar refractivity (Wildman–Crippen MR) is 109 cm³/mol. The van der Waals surface area contributed by atoms with Gasteiger partial charge >= 0.3 is 10.8 Å². The van der Waals surface area contributed by atoms with Crippen LogP contribution in [-0.4, -0.2) is 23.2 Å². The van der Waals surface area contributed by atoms with Gasteiger partial charge in [0.2, 0.25) is 6.79 Å². The van der Waals surface area contributed by atoms with Gasteiger partial charge in [0.15, 0.2) is 11.5 Å². The van der Waals surface area contributed by atoms with Crippen molar-refractivity contribution in [3.05, 3.63) is 74.3 Å². The van der Waals surface area contributed by atoms with E-state index in [0.29, 0.717) is 35.2 Å². The van der Waals surface area contributed by atoms with E-state index in [1.165, 1.54) is 11.5 Å². The third-order valence-corrected chi connectivity index (χ3v) is 5.28. The zero-order valence-corrected chi connectivity index (χ0v) is 16.9. The van der Waals surface area contributed by atoms with Crippen molar-refractivity contribution < 1.29 is 23.8 Å². The molecule has 1 aromatic heterocycles. The van der Waals surface area contributed by atoms with E-state index in [2.05, 4.69) is 5.32 Å². The topological polar surface area (TPSA) is 95.9 Å². The molecule has 0 fully saturated rings. The molecule has 2 aromatic carbocycles. The molecular weight excluding hydrogens is 408 g/mol. The molecule has 1 N–H and O–H groups in total.